The Hall–Kier alpha value is -0.890. The van der Waals surface area contributed by atoms with Crippen LogP contribution in [0.2, 0.25) is 5.02 Å². The zero-order valence-electron chi connectivity index (χ0n) is 6.26. The molecule has 0 fully saturated rings. The number of phenols is 1. The Bertz CT molecular complexity index is 250. The van der Waals surface area contributed by atoms with Gasteiger partial charge in [-0.25, -0.2) is 0 Å². The molecule has 60 valence electrons. The molecule has 3 heteroatoms. The summed E-state index contributed by atoms with van der Waals surface area (Å²) < 4.78 is 0. The average molecular weight is 172 g/mol. The second-order valence-corrected chi connectivity index (χ2v) is 2.60. The van der Waals surface area contributed by atoms with Crippen LogP contribution >= 0.6 is 11.6 Å². The molecular formula is C8H10ClNO. The molecule has 11 heavy (non-hydrogen) atoms. The summed E-state index contributed by atoms with van der Waals surface area (Å²) in [7, 11) is 0. The highest BCUT2D eigenvalue weighted by Gasteiger charge is 1.97. The lowest BCUT2D eigenvalue weighted by atomic mass is 10.3. The molecular weight excluding hydrogens is 162 g/mol. The van der Waals surface area contributed by atoms with Gasteiger partial charge in [0.2, 0.25) is 0 Å². The molecule has 1 aromatic rings. The van der Waals surface area contributed by atoms with E-state index < -0.39 is 0 Å². The predicted octanol–water partition coefficient (Wildman–Crippen LogP) is 2.48. The Kier molecular flexibility index (Phi) is 2.60. The summed E-state index contributed by atoms with van der Waals surface area (Å²) in [6, 6.07) is 5.05. The molecule has 1 rings (SSSR count). The van der Waals surface area contributed by atoms with E-state index in [0.29, 0.717) is 5.02 Å². The van der Waals surface area contributed by atoms with Gasteiger partial charge < -0.3 is 10.4 Å². The van der Waals surface area contributed by atoms with Gasteiger partial charge in [0.05, 0.1) is 5.02 Å². The summed E-state index contributed by atoms with van der Waals surface area (Å²) in [6.07, 6.45) is 0. The van der Waals surface area contributed by atoms with Crippen LogP contribution in [0.3, 0.4) is 0 Å². The zero-order valence-corrected chi connectivity index (χ0v) is 7.02. The topological polar surface area (TPSA) is 32.3 Å². The molecule has 0 unspecified atom stereocenters. The maximum atomic E-state index is 9.05. The van der Waals surface area contributed by atoms with Crippen molar-refractivity contribution >= 4 is 17.3 Å². The summed E-state index contributed by atoms with van der Waals surface area (Å²) in [5.41, 5.74) is 0.926. The van der Waals surface area contributed by atoms with Crippen LogP contribution in [0, 0.1) is 0 Å². The lowest BCUT2D eigenvalue weighted by Crippen LogP contribution is -1.95. The van der Waals surface area contributed by atoms with Crippen LogP contribution in [0.4, 0.5) is 5.69 Å². The Morgan fingerprint density at radius 3 is 2.82 bits per heavy atom. The fourth-order valence-corrected chi connectivity index (χ4v) is 1.00. The molecule has 0 bridgehead atoms. The normalized spacial score (nSPS) is 9.64. The van der Waals surface area contributed by atoms with Crippen molar-refractivity contribution in [2.75, 3.05) is 11.9 Å². The van der Waals surface area contributed by atoms with E-state index in [1.54, 1.807) is 18.2 Å². The van der Waals surface area contributed by atoms with Gasteiger partial charge in [-0.3, -0.25) is 0 Å². The number of hydrogen-bond donors (Lipinski definition) is 2. The SMILES string of the molecule is CCNc1ccc(O)c(Cl)c1. The van der Waals surface area contributed by atoms with E-state index in [1.165, 1.54) is 0 Å². The number of hydrogen-bond acceptors (Lipinski definition) is 2. The van der Waals surface area contributed by atoms with Crippen LogP contribution in [0.1, 0.15) is 6.92 Å². The third-order valence-corrected chi connectivity index (χ3v) is 1.63. The third kappa shape index (κ3) is 2.02. The van der Waals surface area contributed by atoms with Gasteiger partial charge in [0.25, 0.3) is 0 Å². The molecule has 0 aliphatic carbocycles. The van der Waals surface area contributed by atoms with Crippen LogP contribution in [-0.2, 0) is 0 Å². The van der Waals surface area contributed by atoms with Gasteiger partial charge >= 0.3 is 0 Å². The molecule has 0 atom stereocenters. The van der Waals surface area contributed by atoms with E-state index in [4.69, 9.17) is 16.7 Å². The van der Waals surface area contributed by atoms with Gasteiger partial charge in [0.1, 0.15) is 5.75 Å². The second-order valence-electron chi connectivity index (χ2n) is 2.20. The molecule has 0 aliphatic heterocycles. The Balaban J connectivity index is 2.86. The number of anilines is 1. The Labute approximate surface area is 70.8 Å². The van der Waals surface area contributed by atoms with Gasteiger partial charge in [0.15, 0.2) is 0 Å². The number of nitrogens with one attached hydrogen (secondary N) is 1. The van der Waals surface area contributed by atoms with Crippen molar-refractivity contribution in [2.24, 2.45) is 0 Å². The smallest absolute Gasteiger partial charge is 0.134 e. The van der Waals surface area contributed by atoms with Crippen molar-refractivity contribution in [3.8, 4) is 5.75 Å². The summed E-state index contributed by atoms with van der Waals surface area (Å²) >= 11 is 5.66. The minimum Gasteiger partial charge on any atom is -0.506 e. The average Bonchev–Trinajstić information content (AvgIpc) is 1.98. The monoisotopic (exact) mass is 171 g/mol. The number of benzene rings is 1. The Morgan fingerprint density at radius 1 is 1.55 bits per heavy atom. The van der Waals surface area contributed by atoms with E-state index in [0.717, 1.165) is 12.2 Å². The second kappa shape index (κ2) is 3.49. The summed E-state index contributed by atoms with van der Waals surface area (Å²) in [6.45, 7) is 2.85. The van der Waals surface area contributed by atoms with Gasteiger partial charge in [-0.05, 0) is 25.1 Å². The highest BCUT2D eigenvalue weighted by atomic mass is 35.5. The van der Waals surface area contributed by atoms with E-state index in [1.807, 2.05) is 6.92 Å². The first-order valence-electron chi connectivity index (χ1n) is 3.46. The first-order valence-corrected chi connectivity index (χ1v) is 3.84. The van der Waals surface area contributed by atoms with Crippen molar-refractivity contribution in [3.05, 3.63) is 23.2 Å². The zero-order chi connectivity index (χ0) is 8.27. The standard InChI is InChI=1S/C8H10ClNO/c1-2-10-6-3-4-8(11)7(9)5-6/h3-5,10-11H,2H2,1H3. The quantitative estimate of drug-likeness (QED) is 0.671. The summed E-state index contributed by atoms with van der Waals surface area (Å²) in [5.74, 6) is 0.119. The van der Waals surface area contributed by atoms with E-state index in [9.17, 15) is 0 Å². The highest BCUT2D eigenvalue weighted by Crippen LogP contribution is 2.25. The van der Waals surface area contributed by atoms with Crippen LogP contribution in [-0.4, -0.2) is 11.7 Å². The highest BCUT2D eigenvalue weighted by molar-refractivity contribution is 6.32. The van der Waals surface area contributed by atoms with Crippen LogP contribution in [0.5, 0.6) is 5.75 Å². The lowest BCUT2D eigenvalue weighted by molar-refractivity contribution is 0.475. The first kappa shape index (κ1) is 8.21. The number of halogens is 1. The van der Waals surface area contributed by atoms with Crippen molar-refractivity contribution in [3.63, 3.8) is 0 Å². The summed E-state index contributed by atoms with van der Waals surface area (Å²) in [5, 5.41) is 12.5. The Morgan fingerprint density at radius 2 is 2.27 bits per heavy atom. The number of phenolic OH excluding ortho intramolecular Hbond substituents is 1. The van der Waals surface area contributed by atoms with Crippen LogP contribution in [0.15, 0.2) is 18.2 Å². The molecule has 2 N–H and O–H groups in total. The van der Waals surface area contributed by atoms with Gasteiger partial charge in [-0.2, -0.15) is 0 Å². The van der Waals surface area contributed by atoms with Gasteiger partial charge in [0, 0.05) is 12.2 Å². The molecule has 0 saturated carbocycles. The molecule has 0 spiro atoms. The number of aromatic hydroxyl groups is 1. The lowest BCUT2D eigenvalue weighted by Gasteiger charge is -2.03. The van der Waals surface area contributed by atoms with E-state index >= 15 is 0 Å². The summed E-state index contributed by atoms with van der Waals surface area (Å²) in [4.78, 5) is 0. The fraction of sp³-hybridized carbons (Fsp3) is 0.250. The molecule has 0 saturated heterocycles. The molecule has 0 amide bonds. The minimum atomic E-state index is 0.119. The molecule has 0 aromatic heterocycles. The third-order valence-electron chi connectivity index (χ3n) is 1.33. The first-order chi connectivity index (χ1) is 5.24. The maximum Gasteiger partial charge on any atom is 0.134 e. The van der Waals surface area contributed by atoms with Crippen molar-refractivity contribution in [1.29, 1.82) is 0 Å². The van der Waals surface area contributed by atoms with E-state index in [-0.39, 0.29) is 5.75 Å². The molecule has 1 aromatic carbocycles. The minimum absolute atomic E-state index is 0.119. The molecule has 0 heterocycles. The van der Waals surface area contributed by atoms with Crippen molar-refractivity contribution in [2.45, 2.75) is 6.92 Å². The van der Waals surface area contributed by atoms with Crippen molar-refractivity contribution < 1.29 is 5.11 Å². The molecule has 0 aliphatic rings. The fourth-order valence-electron chi connectivity index (χ4n) is 0.821. The van der Waals surface area contributed by atoms with Gasteiger partial charge in [-0.1, -0.05) is 11.6 Å². The van der Waals surface area contributed by atoms with Crippen LogP contribution in [0.25, 0.3) is 0 Å². The molecule has 2 nitrogen and oxygen atoms in total. The number of rotatable bonds is 2. The largest absolute Gasteiger partial charge is 0.506 e. The predicted molar refractivity (Wildman–Crippen MR) is 47.3 cm³/mol. The van der Waals surface area contributed by atoms with Gasteiger partial charge in [-0.15, -0.1) is 0 Å². The van der Waals surface area contributed by atoms with Crippen molar-refractivity contribution in [1.82, 2.24) is 0 Å². The molecule has 0 radical (unpaired) electrons. The van der Waals surface area contributed by atoms with Crippen LogP contribution < -0.4 is 5.32 Å². The maximum absolute atomic E-state index is 9.05. The van der Waals surface area contributed by atoms with E-state index in [2.05, 4.69) is 5.32 Å².